The molecule has 0 aliphatic carbocycles. The molecule has 0 spiro atoms. The van der Waals surface area contributed by atoms with E-state index >= 15 is 0 Å². The Kier molecular flexibility index (Phi) is 12.5. The molecule has 4 heteroatoms. The normalized spacial score (nSPS) is 9.76. The van der Waals surface area contributed by atoms with Crippen molar-refractivity contribution in [1.29, 1.82) is 0 Å². The van der Waals surface area contributed by atoms with Crippen molar-refractivity contribution >= 4 is 5.78 Å². The number of carbonyl (C=O) groups is 1. The lowest BCUT2D eigenvalue weighted by Gasteiger charge is -2.05. The third-order valence-corrected chi connectivity index (χ3v) is 1.91. The quantitative estimate of drug-likeness (QED) is 0.333. The molecule has 0 aromatic rings. The number of Topliss-reactive ketones (excluding diaryl/α,β-unsaturated/α-hetero) is 1. The Morgan fingerprint density at radius 1 is 1.18 bits per heavy atom. The Morgan fingerprint density at radius 2 is 1.88 bits per heavy atom. The molecule has 0 saturated heterocycles. The van der Waals surface area contributed by atoms with E-state index in [0.29, 0.717) is 26.4 Å². The highest BCUT2D eigenvalue weighted by Gasteiger charge is 1.95. The van der Waals surface area contributed by atoms with Crippen molar-refractivity contribution in [2.45, 2.75) is 26.7 Å². The summed E-state index contributed by atoms with van der Waals surface area (Å²) in [7, 11) is 0. The van der Waals surface area contributed by atoms with Crippen molar-refractivity contribution in [3.63, 3.8) is 0 Å². The lowest BCUT2D eigenvalue weighted by Crippen LogP contribution is -2.23. The number of hydrogen-bond acceptors (Lipinski definition) is 4. The van der Waals surface area contributed by atoms with Crippen LogP contribution in [0.4, 0.5) is 0 Å². The minimum Gasteiger partial charge on any atom is -0.379 e. The fourth-order valence-electron chi connectivity index (χ4n) is 1.15. The van der Waals surface area contributed by atoms with Crippen LogP contribution in [0, 0.1) is 11.8 Å². The predicted octanol–water partition coefficient (Wildman–Crippen LogP) is 1.00. The van der Waals surface area contributed by atoms with Crippen LogP contribution in [0.1, 0.15) is 26.7 Å². The molecule has 17 heavy (non-hydrogen) atoms. The summed E-state index contributed by atoms with van der Waals surface area (Å²) >= 11 is 0. The third kappa shape index (κ3) is 13.0. The number of ether oxygens (including phenoxy) is 2. The number of hydrogen-bond donors (Lipinski definition) is 1. The van der Waals surface area contributed by atoms with E-state index in [4.69, 9.17) is 9.47 Å². The van der Waals surface area contributed by atoms with E-state index in [1.807, 2.05) is 0 Å². The van der Waals surface area contributed by atoms with Gasteiger partial charge < -0.3 is 14.8 Å². The highest BCUT2D eigenvalue weighted by molar-refractivity contribution is 5.96. The molecule has 0 aromatic heterocycles. The molecule has 1 N–H and O–H groups in total. The zero-order chi connectivity index (χ0) is 12.8. The molecule has 0 aromatic carbocycles. The smallest absolute Gasteiger partial charge is 0.219 e. The minimum absolute atomic E-state index is 0.0682. The topological polar surface area (TPSA) is 47.6 Å². The molecule has 0 aliphatic rings. The van der Waals surface area contributed by atoms with Gasteiger partial charge >= 0.3 is 0 Å². The van der Waals surface area contributed by atoms with Gasteiger partial charge in [-0.15, -0.1) is 0 Å². The van der Waals surface area contributed by atoms with E-state index in [1.165, 1.54) is 0 Å². The second-order valence-corrected chi connectivity index (χ2v) is 3.55. The average Bonchev–Trinajstić information content (AvgIpc) is 2.32. The lowest BCUT2D eigenvalue weighted by atomic mass is 10.3. The molecule has 0 radical (unpaired) electrons. The van der Waals surface area contributed by atoms with E-state index in [-0.39, 0.29) is 5.78 Å². The number of nitrogens with one attached hydrogen (secondary N) is 1. The molecule has 0 rings (SSSR count). The molecule has 0 amide bonds. The van der Waals surface area contributed by atoms with E-state index in [1.54, 1.807) is 6.92 Å². The first-order valence-electron chi connectivity index (χ1n) is 6.13. The largest absolute Gasteiger partial charge is 0.379 e. The van der Waals surface area contributed by atoms with E-state index in [0.717, 1.165) is 26.0 Å². The first-order chi connectivity index (χ1) is 8.31. The standard InChI is InChI=1S/C13H23NO3/c1-3-6-13(15)12-14-7-5-9-17-11-10-16-8-4-2/h14H,4-5,7-12H2,1-2H3. The van der Waals surface area contributed by atoms with Crippen LogP contribution < -0.4 is 5.32 Å². The van der Waals surface area contributed by atoms with E-state index < -0.39 is 0 Å². The van der Waals surface area contributed by atoms with Crippen LogP contribution in [0.3, 0.4) is 0 Å². The number of carbonyl (C=O) groups excluding carboxylic acids is 1. The van der Waals surface area contributed by atoms with Gasteiger partial charge in [-0.3, -0.25) is 4.79 Å². The van der Waals surface area contributed by atoms with Crippen LogP contribution in [0.15, 0.2) is 0 Å². The maximum atomic E-state index is 11.0. The zero-order valence-corrected chi connectivity index (χ0v) is 10.9. The van der Waals surface area contributed by atoms with E-state index in [9.17, 15) is 4.79 Å². The highest BCUT2D eigenvalue weighted by atomic mass is 16.5. The van der Waals surface area contributed by atoms with Gasteiger partial charge in [-0.2, -0.15) is 0 Å². The van der Waals surface area contributed by atoms with Gasteiger partial charge in [-0.05, 0) is 32.2 Å². The lowest BCUT2D eigenvalue weighted by molar-refractivity contribution is -0.113. The summed E-state index contributed by atoms with van der Waals surface area (Å²) in [6, 6.07) is 0. The molecule has 0 heterocycles. The molecule has 0 bridgehead atoms. The summed E-state index contributed by atoms with van der Waals surface area (Å²) < 4.78 is 10.6. The van der Waals surface area contributed by atoms with Gasteiger partial charge in [0.1, 0.15) is 0 Å². The van der Waals surface area contributed by atoms with Gasteiger partial charge in [0.05, 0.1) is 19.8 Å². The van der Waals surface area contributed by atoms with Crippen molar-refractivity contribution in [2.75, 3.05) is 39.5 Å². The summed E-state index contributed by atoms with van der Waals surface area (Å²) in [6.45, 7) is 7.62. The second kappa shape index (κ2) is 13.2. The predicted molar refractivity (Wildman–Crippen MR) is 67.9 cm³/mol. The molecular formula is C13H23NO3. The zero-order valence-electron chi connectivity index (χ0n) is 10.9. The van der Waals surface area contributed by atoms with Crippen LogP contribution in [0.2, 0.25) is 0 Å². The Bertz CT molecular complexity index is 243. The molecule has 0 atom stereocenters. The maximum absolute atomic E-state index is 11.0. The number of rotatable bonds is 11. The Hall–Kier alpha value is -0.890. The number of ketones is 1. The Morgan fingerprint density at radius 3 is 2.53 bits per heavy atom. The summed E-state index contributed by atoms with van der Waals surface area (Å²) in [5.41, 5.74) is 0. The van der Waals surface area contributed by atoms with Crippen molar-refractivity contribution in [2.24, 2.45) is 0 Å². The molecule has 0 unspecified atom stereocenters. The van der Waals surface area contributed by atoms with Gasteiger partial charge in [0.25, 0.3) is 0 Å². The van der Waals surface area contributed by atoms with Crippen molar-refractivity contribution in [3.8, 4) is 11.8 Å². The fraction of sp³-hybridized carbons (Fsp3) is 0.769. The van der Waals surface area contributed by atoms with Crippen LogP contribution in [-0.4, -0.2) is 45.3 Å². The van der Waals surface area contributed by atoms with Gasteiger partial charge in [-0.25, -0.2) is 0 Å². The fourth-order valence-corrected chi connectivity index (χ4v) is 1.15. The second-order valence-electron chi connectivity index (χ2n) is 3.55. The SMILES string of the molecule is CC#CC(=O)CNCCCOCCOCCC. The maximum Gasteiger partial charge on any atom is 0.219 e. The van der Waals surface area contributed by atoms with Crippen LogP contribution in [-0.2, 0) is 14.3 Å². The molecule has 0 saturated carbocycles. The Balaban J connectivity index is 3.07. The molecule has 0 fully saturated rings. The van der Waals surface area contributed by atoms with Crippen LogP contribution >= 0.6 is 0 Å². The van der Waals surface area contributed by atoms with Gasteiger partial charge in [-0.1, -0.05) is 12.8 Å². The average molecular weight is 241 g/mol. The molecular weight excluding hydrogens is 218 g/mol. The minimum atomic E-state index is -0.0682. The van der Waals surface area contributed by atoms with Gasteiger partial charge in [0.2, 0.25) is 5.78 Å². The monoisotopic (exact) mass is 241 g/mol. The van der Waals surface area contributed by atoms with Gasteiger partial charge in [0, 0.05) is 13.2 Å². The van der Waals surface area contributed by atoms with Crippen molar-refractivity contribution < 1.29 is 14.3 Å². The third-order valence-electron chi connectivity index (χ3n) is 1.91. The van der Waals surface area contributed by atoms with Crippen molar-refractivity contribution in [1.82, 2.24) is 5.32 Å². The molecule has 98 valence electrons. The first-order valence-corrected chi connectivity index (χ1v) is 6.13. The Labute approximate surface area is 104 Å². The first kappa shape index (κ1) is 16.1. The van der Waals surface area contributed by atoms with Crippen LogP contribution in [0.5, 0.6) is 0 Å². The van der Waals surface area contributed by atoms with Crippen molar-refractivity contribution in [3.05, 3.63) is 0 Å². The van der Waals surface area contributed by atoms with Gasteiger partial charge in [0.15, 0.2) is 0 Å². The van der Waals surface area contributed by atoms with E-state index in [2.05, 4.69) is 24.1 Å². The summed E-state index contributed by atoms with van der Waals surface area (Å²) in [6.07, 6.45) is 1.93. The van der Waals surface area contributed by atoms with Crippen LogP contribution in [0.25, 0.3) is 0 Å². The molecule has 4 nitrogen and oxygen atoms in total. The molecule has 0 aliphatic heterocycles. The summed E-state index contributed by atoms with van der Waals surface area (Å²) in [5.74, 6) is 4.98. The summed E-state index contributed by atoms with van der Waals surface area (Å²) in [5, 5.41) is 3.02. The summed E-state index contributed by atoms with van der Waals surface area (Å²) in [4.78, 5) is 11.0. The highest BCUT2D eigenvalue weighted by Crippen LogP contribution is 1.84.